The highest BCUT2D eigenvalue weighted by molar-refractivity contribution is 8.13. The molecule has 0 aliphatic carbocycles. The molecule has 0 radical (unpaired) electrons. The van der Waals surface area contributed by atoms with E-state index in [0.717, 1.165) is 28.4 Å². The van der Waals surface area contributed by atoms with Crippen molar-refractivity contribution in [2.75, 3.05) is 13.2 Å². The molecule has 0 aromatic heterocycles. The van der Waals surface area contributed by atoms with E-state index in [0.29, 0.717) is 18.4 Å². The van der Waals surface area contributed by atoms with Crippen LogP contribution in [0.4, 0.5) is 0 Å². The highest BCUT2D eigenvalue weighted by atomic mass is 32.2. The van der Waals surface area contributed by atoms with Crippen LogP contribution >= 0.6 is 11.8 Å². The van der Waals surface area contributed by atoms with Crippen LogP contribution in [0.25, 0.3) is 0 Å². The van der Waals surface area contributed by atoms with Crippen LogP contribution < -0.4 is 15.2 Å². The zero-order valence-electron chi connectivity index (χ0n) is 13.4. The Morgan fingerprint density at radius 1 is 1.17 bits per heavy atom. The summed E-state index contributed by atoms with van der Waals surface area (Å²) in [6.07, 6.45) is 1.68. The van der Waals surface area contributed by atoms with Crippen molar-refractivity contribution in [1.29, 1.82) is 0 Å². The van der Waals surface area contributed by atoms with Crippen molar-refractivity contribution < 1.29 is 9.47 Å². The second kappa shape index (κ2) is 7.88. The van der Waals surface area contributed by atoms with E-state index in [-0.39, 0.29) is 0 Å². The average Bonchev–Trinajstić information content (AvgIpc) is 2.61. The smallest absolute Gasteiger partial charge is 0.180 e. The lowest BCUT2D eigenvalue weighted by atomic mass is 10.1. The van der Waals surface area contributed by atoms with Crippen LogP contribution in [0.2, 0.25) is 0 Å². The molecule has 3 rings (SSSR count). The Morgan fingerprint density at radius 3 is 2.62 bits per heavy atom. The Kier molecular flexibility index (Phi) is 5.38. The minimum Gasteiger partial charge on any atom is -0.486 e. The maximum absolute atomic E-state index is 5.89. The van der Waals surface area contributed by atoms with E-state index in [1.54, 1.807) is 6.21 Å². The fraction of sp³-hybridized carbons (Fsp3) is 0.222. The van der Waals surface area contributed by atoms with Gasteiger partial charge in [-0.15, -0.1) is 5.10 Å². The molecule has 2 N–H and O–H groups in total. The first-order valence-electron chi connectivity index (χ1n) is 7.66. The molecule has 0 saturated carbocycles. The van der Waals surface area contributed by atoms with Crippen LogP contribution in [-0.2, 0) is 5.75 Å². The SMILES string of the molecule is Cc1cc2c(cc1C=NN=C(N)SCc1ccccc1)OCCO2. The van der Waals surface area contributed by atoms with E-state index in [2.05, 4.69) is 22.3 Å². The number of fused-ring (bicyclic) bond motifs is 1. The molecule has 2 aromatic rings. The topological polar surface area (TPSA) is 69.2 Å². The van der Waals surface area contributed by atoms with Crippen LogP contribution in [0, 0.1) is 6.92 Å². The molecule has 6 heteroatoms. The van der Waals surface area contributed by atoms with E-state index in [9.17, 15) is 0 Å². The maximum Gasteiger partial charge on any atom is 0.180 e. The number of nitrogens with zero attached hydrogens (tertiary/aromatic N) is 2. The third kappa shape index (κ3) is 4.29. The first kappa shape index (κ1) is 16.4. The van der Waals surface area contributed by atoms with E-state index >= 15 is 0 Å². The number of ether oxygens (including phenoxy) is 2. The number of hydrogen-bond acceptors (Lipinski definition) is 5. The van der Waals surface area contributed by atoms with Crippen molar-refractivity contribution in [3.63, 3.8) is 0 Å². The van der Waals surface area contributed by atoms with Gasteiger partial charge in [0.1, 0.15) is 13.2 Å². The summed E-state index contributed by atoms with van der Waals surface area (Å²) in [7, 11) is 0. The monoisotopic (exact) mass is 341 g/mol. The number of rotatable bonds is 4. The van der Waals surface area contributed by atoms with Gasteiger partial charge in [-0.05, 0) is 30.2 Å². The summed E-state index contributed by atoms with van der Waals surface area (Å²) in [5, 5.41) is 8.56. The molecule has 0 atom stereocenters. The van der Waals surface area contributed by atoms with Gasteiger partial charge in [0.05, 0.1) is 6.21 Å². The fourth-order valence-electron chi connectivity index (χ4n) is 2.25. The number of hydrogen-bond donors (Lipinski definition) is 1. The van der Waals surface area contributed by atoms with E-state index in [1.807, 2.05) is 37.3 Å². The molecule has 0 saturated heterocycles. The molecule has 124 valence electrons. The minimum absolute atomic E-state index is 0.435. The van der Waals surface area contributed by atoms with Gasteiger partial charge in [0, 0.05) is 11.3 Å². The Bertz CT molecular complexity index is 760. The molecule has 0 amide bonds. The van der Waals surface area contributed by atoms with Crippen molar-refractivity contribution in [3.8, 4) is 11.5 Å². The number of aryl methyl sites for hydroxylation is 1. The summed E-state index contributed by atoms with van der Waals surface area (Å²) >= 11 is 1.46. The summed E-state index contributed by atoms with van der Waals surface area (Å²) in [6.45, 7) is 3.14. The summed E-state index contributed by atoms with van der Waals surface area (Å²) in [5.74, 6) is 2.29. The van der Waals surface area contributed by atoms with Crippen molar-refractivity contribution in [3.05, 3.63) is 59.2 Å². The number of benzene rings is 2. The van der Waals surface area contributed by atoms with Gasteiger partial charge in [0.25, 0.3) is 0 Å². The molecule has 0 spiro atoms. The molecule has 5 nitrogen and oxygen atoms in total. The second-order valence-electron chi connectivity index (χ2n) is 5.31. The number of thioether (sulfide) groups is 1. The quantitative estimate of drug-likeness (QED) is 0.526. The normalized spacial score (nSPS) is 14.1. The highest BCUT2D eigenvalue weighted by Gasteiger charge is 2.13. The standard InChI is InChI=1S/C18H19N3O2S/c1-13-9-16-17(23-8-7-22-16)10-15(13)11-20-21-18(19)24-12-14-5-3-2-4-6-14/h2-6,9-11H,7-8,12H2,1H3,(H2,19,21). The molecule has 24 heavy (non-hydrogen) atoms. The van der Waals surface area contributed by atoms with Gasteiger partial charge in [-0.1, -0.05) is 42.1 Å². The Morgan fingerprint density at radius 2 is 1.88 bits per heavy atom. The average molecular weight is 341 g/mol. The van der Waals surface area contributed by atoms with E-state index in [1.165, 1.54) is 17.3 Å². The lowest BCUT2D eigenvalue weighted by Gasteiger charge is -2.19. The van der Waals surface area contributed by atoms with Crippen molar-refractivity contribution in [2.24, 2.45) is 15.9 Å². The zero-order chi connectivity index (χ0) is 16.8. The van der Waals surface area contributed by atoms with Gasteiger partial charge in [-0.2, -0.15) is 5.10 Å². The predicted molar refractivity (Wildman–Crippen MR) is 99.1 cm³/mol. The van der Waals surface area contributed by atoms with Gasteiger partial charge < -0.3 is 15.2 Å². The summed E-state index contributed by atoms with van der Waals surface area (Å²) in [6, 6.07) is 14.0. The Labute approximate surface area is 145 Å². The van der Waals surface area contributed by atoms with Crippen LogP contribution in [0.3, 0.4) is 0 Å². The number of nitrogens with two attached hydrogens (primary N) is 1. The summed E-state index contributed by atoms with van der Waals surface area (Å²) in [4.78, 5) is 0. The first-order valence-corrected chi connectivity index (χ1v) is 8.64. The van der Waals surface area contributed by atoms with E-state index in [4.69, 9.17) is 15.2 Å². The van der Waals surface area contributed by atoms with E-state index < -0.39 is 0 Å². The van der Waals surface area contributed by atoms with Crippen molar-refractivity contribution in [1.82, 2.24) is 0 Å². The fourth-order valence-corrected chi connectivity index (χ4v) is 2.87. The van der Waals surface area contributed by atoms with Gasteiger partial charge >= 0.3 is 0 Å². The van der Waals surface area contributed by atoms with Crippen LogP contribution in [0.15, 0.2) is 52.7 Å². The first-order chi connectivity index (χ1) is 11.7. The molecule has 0 fully saturated rings. The van der Waals surface area contributed by atoms with Gasteiger partial charge in [0.15, 0.2) is 16.7 Å². The zero-order valence-corrected chi connectivity index (χ0v) is 14.3. The molecular weight excluding hydrogens is 322 g/mol. The lowest BCUT2D eigenvalue weighted by molar-refractivity contribution is 0.171. The number of amidine groups is 1. The van der Waals surface area contributed by atoms with Crippen molar-refractivity contribution in [2.45, 2.75) is 12.7 Å². The summed E-state index contributed by atoms with van der Waals surface area (Å²) in [5.41, 5.74) is 9.07. The van der Waals surface area contributed by atoms with Gasteiger partial charge in [0.2, 0.25) is 0 Å². The molecule has 1 aliphatic heterocycles. The van der Waals surface area contributed by atoms with Gasteiger partial charge in [-0.25, -0.2) is 0 Å². The largest absolute Gasteiger partial charge is 0.486 e. The third-order valence-corrected chi connectivity index (χ3v) is 4.37. The molecular formula is C18H19N3O2S. The predicted octanol–water partition coefficient (Wildman–Crippen LogP) is 3.35. The second-order valence-corrected chi connectivity index (χ2v) is 6.31. The Hall–Kier alpha value is -2.47. The molecule has 0 unspecified atom stereocenters. The molecule has 0 bridgehead atoms. The highest BCUT2D eigenvalue weighted by Crippen LogP contribution is 2.32. The molecule has 1 heterocycles. The molecule has 2 aromatic carbocycles. The Balaban J connectivity index is 1.62. The third-order valence-electron chi connectivity index (χ3n) is 3.51. The lowest BCUT2D eigenvalue weighted by Crippen LogP contribution is -2.15. The van der Waals surface area contributed by atoms with Crippen LogP contribution in [-0.4, -0.2) is 24.6 Å². The minimum atomic E-state index is 0.435. The van der Waals surface area contributed by atoms with Crippen molar-refractivity contribution >= 4 is 23.1 Å². The summed E-state index contributed by atoms with van der Waals surface area (Å²) < 4.78 is 11.1. The molecule has 1 aliphatic rings. The maximum atomic E-state index is 5.89. The van der Waals surface area contributed by atoms with Crippen LogP contribution in [0.5, 0.6) is 11.5 Å². The van der Waals surface area contributed by atoms with Gasteiger partial charge in [-0.3, -0.25) is 0 Å². The van der Waals surface area contributed by atoms with Crippen LogP contribution in [0.1, 0.15) is 16.7 Å².